The van der Waals surface area contributed by atoms with Crippen molar-refractivity contribution in [2.75, 3.05) is 6.61 Å². The van der Waals surface area contributed by atoms with E-state index in [1.807, 2.05) is 55.5 Å². The largest absolute Gasteiger partial charge is 0.492 e. The summed E-state index contributed by atoms with van der Waals surface area (Å²) in [6.45, 7) is 2.55. The van der Waals surface area contributed by atoms with Crippen molar-refractivity contribution >= 4 is 0 Å². The van der Waals surface area contributed by atoms with Gasteiger partial charge in [-0.15, -0.1) is 0 Å². The predicted octanol–water partition coefficient (Wildman–Crippen LogP) is 3.60. The molecule has 0 aromatic carbocycles. The summed E-state index contributed by atoms with van der Waals surface area (Å²) >= 11 is 0. The van der Waals surface area contributed by atoms with E-state index < -0.39 is 0 Å². The van der Waals surface area contributed by atoms with Crippen molar-refractivity contribution in [1.82, 2.24) is 15.0 Å². The molecule has 0 bridgehead atoms. The van der Waals surface area contributed by atoms with Gasteiger partial charge in [-0.05, 0) is 43.3 Å². The van der Waals surface area contributed by atoms with Crippen LogP contribution in [-0.2, 0) is 0 Å². The molecule has 3 aromatic heterocycles. The third kappa shape index (κ3) is 2.89. The predicted molar refractivity (Wildman–Crippen MR) is 81.9 cm³/mol. The number of nitrogens with zero attached hydrogens (tertiary/aromatic N) is 3. The summed E-state index contributed by atoms with van der Waals surface area (Å²) in [5, 5.41) is 0. The molecule has 0 fully saturated rings. The topological polar surface area (TPSA) is 47.9 Å². The second-order valence-corrected chi connectivity index (χ2v) is 4.41. The van der Waals surface area contributed by atoms with Gasteiger partial charge < -0.3 is 4.74 Å². The normalized spacial score (nSPS) is 10.3. The molecule has 3 rings (SSSR count). The van der Waals surface area contributed by atoms with Crippen LogP contribution in [0, 0.1) is 0 Å². The van der Waals surface area contributed by atoms with Crippen LogP contribution in [0.1, 0.15) is 6.92 Å². The Morgan fingerprint density at radius 3 is 2.43 bits per heavy atom. The standard InChI is InChI=1S/C17H15N3O/c1-2-21-16-10-6-12-19-17(16)15-9-5-8-14(20-15)13-7-3-4-11-18-13/h3-12H,2H2,1H3. The molecule has 0 aliphatic rings. The van der Waals surface area contributed by atoms with E-state index in [1.54, 1.807) is 12.4 Å². The first-order chi connectivity index (χ1) is 10.4. The molecule has 0 spiro atoms. The zero-order valence-corrected chi connectivity index (χ0v) is 11.7. The van der Waals surface area contributed by atoms with Crippen LogP contribution < -0.4 is 4.74 Å². The fourth-order valence-electron chi connectivity index (χ4n) is 2.08. The summed E-state index contributed by atoms with van der Waals surface area (Å²) in [4.78, 5) is 13.4. The van der Waals surface area contributed by atoms with Crippen molar-refractivity contribution in [3.8, 4) is 28.5 Å². The van der Waals surface area contributed by atoms with Gasteiger partial charge in [0.2, 0.25) is 0 Å². The van der Waals surface area contributed by atoms with Gasteiger partial charge in [0.05, 0.1) is 23.7 Å². The first kappa shape index (κ1) is 13.2. The molecule has 0 aliphatic heterocycles. The molecule has 21 heavy (non-hydrogen) atoms. The van der Waals surface area contributed by atoms with Gasteiger partial charge in [0, 0.05) is 12.4 Å². The maximum absolute atomic E-state index is 5.62. The van der Waals surface area contributed by atoms with E-state index in [4.69, 9.17) is 4.74 Å². The van der Waals surface area contributed by atoms with E-state index in [9.17, 15) is 0 Å². The van der Waals surface area contributed by atoms with Gasteiger partial charge in [0.15, 0.2) is 0 Å². The van der Waals surface area contributed by atoms with Crippen molar-refractivity contribution < 1.29 is 4.74 Å². The summed E-state index contributed by atoms with van der Waals surface area (Å²) < 4.78 is 5.62. The lowest BCUT2D eigenvalue weighted by Gasteiger charge is -2.09. The van der Waals surface area contributed by atoms with Crippen LogP contribution in [0.3, 0.4) is 0 Å². The van der Waals surface area contributed by atoms with Gasteiger partial charge >= 0.3 is 0 Å². The average Bonchev–Trinajstić information content (AvgIpc) is 2.57. The lowest BCUT2D eigenvalue weighted by Crippen LogP contribution is -1.97. The summed E-state index contributed by atoms with van der Waals surface area (Å²) in [6, 6.07) is 15.4. The van der Waals surface area contributed by atoms with Crippen molar-refractivity contribution in [2.24, 2.45) is 0 Å². The molecule has 3 aromatic rings. The molecular formula is C17H15N3O. The van der Waals surface area contributed by atoms with Gasteiger partial charge in [0.25, 0.3) is 0 Å². The highest BCUT2D eigenvalue weighted by Gasteiger charge is 2.10. The number of pyridine rings is 3. The molecule has 104 valence electrons. The maximum Gasteiger partial charge on any atom is 0.147 e. The van der Waals surface area contributed by atoms with Gasteiger partial charge in [-0.25, -0.2) is 4.98 Å². The number of ether oxygens (including phenoxy) is 1. The molecule has 0 unspecified atom stereocenters. The SMILES string of the molecule is CCOc1cccnc1-c1cccc(-c2ccccn2)n1. The Bertz CT molecular complexity index is 729. The minimum Gasteiger partial charge on any atom is -0.492 e. The van der Waals surface area contributed by atoms with Crippen LogP contribution in [0.5, 0.6) is 5.75 Å². The number of rotatable bonds is 4. The van der Waals surface area contributed by atoms with E-state index in [2.05, 4.69) is 15.0 Å². The molecule has 0 atom stereocenters. The van der Waals surface area contributed by atoms with Crippen molar-refractivity contribution in [3.63, 3.8) is 0 Å². The van der Waals surface area contributed by atoms with Crippen LogP contribution in [-0.4, -0.2) is 21.6 Å². The third-order valence-electron chi connectivity index (χ3n) is 2.99. The first-order valence-electron chi connectivity index (χ1n) is 6.85. The van der Waals surface area contributed by atoms with E-state index in [1.165, 1.54) is 0 Å². The minimum absolute atomic E-state index is 0.596. The third-order valence-corrected chi connectivity index (χ3v) is 2.99. The molecule has 0 radical (unpaired) electrons. The van der Waals surface area contributed by atoms with Crippen molar-refractivity contribution in [2.45, 2.75) is 6.92 Å². The Hall–Kier alpha value is -2.75. The minimum atomic E-state index is 0.596. The molecule has 3 heterocycles. The lowest BCUT2D eigenvalue weighted by atomic mass is 10.2. The second kappa shape index (κ2) is 6.13. The van der Waals surface area contributed by atoms with Crippen molar-refractivity contribution in [3.05, 3.63) is 60.9 Å². The van der Waals surface area contributed by atoms with Crippen LogP contribution >= 0.6 is 0 Å². The molecule has 0 amide bonds. The highest BCUT2D eigenvalue weighted by Crippen LogP contribution is 2.27. The molecule has 4 heteroatoms. The molecule has 0 N–H and O–H groups in total. The first-order valence-corrected chi connectivity index (χ1v) is 6.85. The molecular weight excluding hydrogens is 262 g/mol. The Balaban J connectivity index is 2.05. The Kier molecular flexibility index (Phi) is 3.87. The Morgan fingerprint density at radius 1 is 0.810 bits per heavy atom. The molecule has 0 saturated heterocycles. The zero-order chi connectivity index (χ0) is 14.5. The monoisotopic (exact) mass is 277 g/mol. The fraction of sp³-hybridized carbons (Fsp3) is 0.118. The number of aromatic nitrogens is 3. The smallest absolute Gasteiger partial charge is 0.147 e. The van der Waals surface area contributed by atoms with Gasteiger partial charge in [0.1, 0.15) is 11.4 Å². The van der Waals surface area contributed by atoms with Gasteiger partial charge in [-0.1, -0.05) is 12.1 Å². The van der Waals surface area contributed by atoms with Crippen LogP contribution in [0.4, 0.5) is 0 Å². The zero-order valence-electron chi connectivity index (χ0n) is 11.7. The molecule has 0 aliphatic carbocycles. The van der Waals surface area contributed by atoms with Crippen LogP contribution in [0.25, 0.3) is 22.8 Å². The van der Waals surface area contributed by atoms with Gasteiger partial charge in [-0.2, -0.15) is 0 Å². The van der Waals surface area contributed by atoms with Crippen LogP contribution in [0.15, 0.2) is 60.9 Å². The molecule has 0 saturated carbocycles. The molecule has 4 nitrogen and oxygen atoms in total. The summed E-state index contributed by atoms with van der Waals surface area (Å²) in [5.41, 5.74) is 3.19. The van der Waals surface area contributed by atoms with E-state index >= 15 is 0 Å². The average molecular weight is 277 g/mol. The Morgan fingerprint density at radius 2 is 1.62 bits per heavy atom. The lowest BCUT2D eigenvalue weighted by molar-refractivity contribution is 0.340. The maximum atomic E-state index is 5.62. The van der Waals surface area contributed by atoms with E-state index in [0.717, 1.165) is 28.5 Å². The quantitative estimate of drug-likeness (QED) is 0.731. The highest BCUT2D eigenvalue weighted by atomic mass is 16.5. The summed E-state index contributed by atoms with van der Waals surface area (Å²) in [7, 11) is 0. The summed E-state index contributed by atoms with van der Waals surface area (Å²) in [5.74, 6) is 0.741. The van der Waals surface area contributed by atoms with E-state index in [0.29, 0.717) is 6.61 Å². The highest BCUT2D eigenvalue weighted by molar-refractivity contribution is 5.66. The number of hydrogen-bond donors (Lipinski definition) is 0. The second-order valence-electron chi connectivity index (χ2n) is 4.41. The fourth-order valence-corrected chi connectivity index (χ4v) is 2.08. The van der Waals surface area contributed by atoms with Gasteiger partial charge in [-0.3, -0.25) is 9.97 Å². The van der Waals surface area contributed by atoms with Crippen molar-refractivity contribution in [1.29, 1.82) is 0 Å². The summed E-state index contributed by atoms with van der Waals surface area (Å²) in [6.07, 6.45) is 3.50. The Labute approximate surface area is 123 Å². The van der Waals surface area contributed by atoms with E-state index in [-0.39, 0.29) is 0 Å². The number of hydrogen-bond acceptors (Lipinski definition) is 4. The van der Waals surface area contributed by atoms with Crippen LogP contribution in [0.2, 0.25) is 0 Å².